The van der Waals surface area contributed by atoms with Gasteiger partial charge in [-0.2, -0.15) is 11.8 Å². The van der Waals surface area contributed by atoms with Gasteiger partial charge in [0.25, 0.3) is 0 Å². The van der Waals surface area contributed by atoms with Gasteiger partial charge in [-0.1, -0.05) is 6.92 Å². The van der Waals surface area contributed by atoms with Gasteiger partial charge in [-0.25, -0.2) is 4.98 Å². The maximum absolute atomic E-state index is 4.29. The van der Waals surface area contributed by atoms with Crippen molar-refractivity contribution in [3.8, 4) is 0 Å². The second-order valence-corrected chi connectivity index (χ2v) is 7.17. The smallest absolute Gasteiger partial charge is 0.0797 e. The Morgan fingerprint density at radius 3 is 3.12 bits per heavy atom. The molecular formula is C13H22N2S2. The lowest BCUT2D eigenvalue weighted by Crippen LogP contribution is -2.28. The molecule has 1 aromatic rings. The molecule has 17 heavy (non-hydrogen) atoms. The fourth-order valence-electron chi connectivity index (χ4n) is 2.47. The summed E-state index contributed by atoms with van der Waals surface area (Å²) in [5.74, 6) is 1.26. The zero-order chi connectivity index (χ0) is 12.1. The summed E-state index contributed by atoms with van der Waals surface area (Å²) in [4.78, 5) is 5.73. The first kappa shape index (κ1) is 13.4. The first-order chi connectivity index (χ1) is 8.29. The third-order valence-electron chi connectivity index (χ3n) is 3.42. The minimum Gasteiger partial charge on any atom is -0.314 e. The Morgan fingerprint density at radius 1 is 1.53 bits per heavy atom. The Labute approximate surface area is 113 Å². The zero-order valence-electron chi connectivity index (χ0n) is 10.7. The predicted molar refractivity (Wildman–Crippen MR) is 78.1 cm³/mol. The van der Waals surface area contributed by atoms with Gasteiger partial charge < -0.3 is 5.32 Å². The molecule has 2 rings (SSSR count). The first-order valence-corrected chi connectivity index (χ1v) is 8.46. The molecule has 0 radical (unpaired) electrons. The third kappa shape index (κ3) is 3.97. The number of aromatic nitrogens is 1. The number of nitrogens with zero attached hydrogens (tertiary/aromatic N) is 1. The first-order valence-electron chi connectivity index (χ1n) is 6.53. The number of nitrogens with one attached hydrogen (secondary N) is 1. The third-order valence-corrected chi connectivity index (χ3v) is 5.64. The van der Waals surface area contributed by atoms with Crippen molar-refractivity contribution >= 4 is 23.1 Å². The van der Waals surface area contributed by atoms with Crippen LogP contribution in [0.3, 0.4) is 0 Å². The summed E-state index contributed by atoms with van der Waals surface area (Å²) in [7, 11) is 0. The monoisotopic (exact) mass is 270 g/mol. The van der Waals surface area contributed by atoms with Crippen LogP contribution < -0.4 is 5.32 Å². The van der Waals surface area contributed by atoms with Gasteiger partial charge in [0, 0.05) is 22.7 Å². The van der Waals surface area contributed by atoms with Crippen LogP contribution in [0.25, 0.3) is 0 Å². The second-order valence-electron chi connectivity index (χ2n) is 4.65. The highest BCUT2D eigenvalue weighted by molar-refractivity contribution is 7.99. The molecule has 0 bridgehead atoms. The molecule has 0 spiro atoms. The van der Waals surface area contributed by atoms with Gasteiger partial charge in [0.05, 0.1) is 11.2 Å². The molecule has 1 aliphatic rings. The highest BCUT2D eigenvalue weighted by Crippen LogP contribution is 2.29. The fourth-order valence-corrected chi connectivity index (χ4v) is 4.39. The Balaban J connectivity index is 1.65. The van der Waals surface area contributed by atoms with Crippen molar-refractivity contribution < 1.29 is 0 Å². The van der Waals surface area contributed by atoms with E-state index in [1.807, 2.05) is 5.51 Å². The van der Waals surface area contributed by atoms with Gasteiger partial charge in [-0.15, -0.1) is 11.3 Å². The van der Waals surface area contributed by atoms with Crippen molar-refractivity contribution in [3.05, 3.63) is 16.1 Å². The molecule has 1 fully saturated rings. The minimum atomic E-state index is 0.757. The molecule has 1 N–H and O–H groups in total. The van der Waals surface area contributed by atoms with E-state index in [9.17, 15) is 0 Å². The van der Waals surface area contributed by atoms with Crippen LogP contribution in [0.1, 0.15) is 36.8 Å². The maximum atomic E-state index is 4.29. The molecule has 1 aliphatic carbocycles. The highest BCUT2D eigenvalue weighted by Gasteiger charge is 2.23. The van der Waals surface area contributed by atoms with Gasteiger partial charge in [-0.3, -0.25) is 0 Å². The number of rotatable bonds is 6. The van der Waals surface area contributed by atoms with Crippen molar-refractivity contribution in [2.75, 3.05) is 12.3 Å². The lowest BCUT2D eigenvalue weighted by molar-refractivity contribution is 0.529. The summed E-state index contributed by atoms with van der Waals surface area (Å²) in [5.41, 5.74) is 3.16. The number of aryl methyl sites for hydroxylation is 1. The Morgan fingerprint density at radius 2 is 2.41 bits per heavy atom. The van der Waals surface area contributed by atoms with Crippen LogP contribution in [-0.2, 0) is 6.42 Å². The number of thiazole rings is 1. The largest absolute Gasteiger partial charge is 0.314 e. The van der Waals surface area contributed by atoms with E-state index in [1.165, 1.54) is 35.6 Å². The van der Waals surface area contributed by atoms with Crippen molar-refractivity contribution in [1.29, 1.82) is 0 Å². The summed E-state index contributed by atoms with van der Waals surface area (Å²) in [5, 5.41) is 4.61. The van der Waals surface area contributed by atoms with Gasteiger partial charge in [0.2, 0.25) is 0 Å². The zero-order valence-corrected chi connectivity index (χ0v) is 12.4. The molecule has 1 saturated carbocycles. The molecule has 1 aromatic heterocycles. The summed E-state index contributed by atoms with van der Waals surface area (Å²) in [6.07, 6.45) is 5.26. The van der Waals surface area contributed by atoms with E-state index < -0.39 is 0 Å². The fraction of sp³-hybridized carbons (Fsp3) is 0.769. The average Bonchev–Trinajstić information content (AvgIpc) is 2.90. The summed E-state index contributed by atoms with van der Waals surface area (Å²) in [6.45, 7) is 5.48. The molecule has 96 valence electrons. The van der Waals surface area contributed by atoms with Gasteiger partial charge in [-0.05, 0) is 38.4 Å². The van der Waals surface area contributed by atoms with E-state index in [4.69, 9.17) is 0 Å². The standard InChI is InChI=1S/C13H22N2S2/c1-3-16-12-5-4-11(8-12)14-7-6-13-10(2)15-9-17-13/h9,11-12,14H,3-8H2,1-2H3. The molecule has 0 aliphatic heterocycles. The Kier molecular flexibility index (Phi) is 5.32. The molecule has 0 aromatic carbocycles. The molecular weight excluding hydrogens is 248 g/mol. The van der Waals surface area contributed by atoms with Crippen LogP contribution in [0.4, 0.5) is 0 Å². The van der Waals surface area contributed by atoms with Crippen LogP contribution in [0.5, 0.6) is 0 Å². The quantitative estimate of drug-likeness (QED) is 0.859. The molecule has 0 saturated heterocycles. The van der Waals surface area contributed by atoms with Crippen molar-refractivity contribution in [3.63, 3.8) is 0 Å². The molecule has 2 atom stereocenters. The normalized spacial score (nSPS) is 24.4. The van der Waals surface area contributed by atoms with Crippen LogP contribution >= 0.6 is 23.1 Å². The number of hydrogen-bond acceptors (Lipinski definition) is 4. The van der Waals surface area contributed by atoms with Gasteiger partial charge in [0.15, 0.2) is 0 Å². The van der Waals surface area contributed by atoms with Crippen LogP contribution in [0, 0.1) is 6.92 Å². The highest BCUT2D eigenvalue weighted by atomic mass is 32.2. The van der Waals surface area contributed by atoms with E-state index in [2.05, 4.69) is 35.9 Å². The minimum absolute atomic E-state index is 0.757. The number of thioether (sulfide) groups is 1. The van der Waals surface area contributed by atoms with Crippen LogP contribution in [-0.4, -0.2) is 28.6 Å². The lowest BCUT2D eigenvalue weighted by Gasteiger charge is -2.12. The molecule has 0 amide bonds. The Bertz CT molecular complexity index is 338. The SMILES string of the molecule is CCSC1CCC(NCCc2scnc2C)C1. The van der Waals surface area contributed by atoms with Crippen LogP contribution in [0.2, 0.25) is 0 Å². The van der Waals surface area contributed by atoms with E-state index in [0.717, 1.165) is 24.3 Å². The molecule has 4 heteroatoms. The summed E-state index contributed by atoms with van der Waals surface area (Å²) < 4.78 is 0. The second kappa shape index (κ2) is 6.76. The summed E-state index contributed by atoms with van der Waals surface area (Å²) >= 11 is 3.91. The Hall–Kier alpha value is -0.0600. The summed E-state index contributed by atoms with van der Waals surface area (Å²) in [6, 6.07) is 0.757. The number of hydrogen-bond donors (Lipinski definition) is 1. The predicted octanol–water partition coefficient (Wildman–Crippen LogP) is 3.26. The van der Waals surface area contributed by atoms with Crippen molar-refractivity contribution in [2.24, 2.45) is 0 Å². The average molecular weight is 270 g/mol. The topological polar surface area (TPSA) is 24.9 Å². The van der Waals surface area contributed by atoms with Gasteiger partial charge >= 0.3 is 0 Å². The van der Waals surface area contributed by atoms with E-state index in [-0.39, 0.29) is 0 Å². The van der Waals surface area contributed by atoms with Crippen LogP contribution in [0.15, 0.2) is 5.51 Å². The maximum Gasteiger partial charge on any atom is 0.0797 e. The van der Waals surface area contributed by atoms with Gasteiger partial charge in [0.1, 0.15) is 0 Å². The van der Waals surface area contributed by atoms with Crippen molar-refractivity contribution in [1.82, 2.24) is 10.3 Å². The van der Waals surface area contributed by atoms with Crippen molar-refractivity contribution in [2.45, 2.75) is 50.8 Å². The van der Waals surface area contributed by atoms with E-state index in [0.29, 0.717) is 0 Å². The van der Waals surface area contributed by atoms with E-state index >= 15 is 0 Å². The molecule has 1 heterocycles. The molecule has 2 nitrogen and oxygen atoms in total. The lowest BCUT2D eigenvalue weighted by atomic mass is 10.2. The van der Waals surface area contributed by atoms with E-state index in [1.54, 1.807) is 11.3 Å². The molecule has 2 unspecified atom stereocenters.